The molecule has 2 aliphatic heterocycles. The number of nitrogens with zero attached hydrogens (tertiary/aromatic N) is 4. The van der Waals surface area contributed by atoms with Crippen LogP contribution < -0.4 is 14.4 Å². The third-order valence-electron chi connectivity index (χ3n) is 4.50. The van der Waals surface area contributed by atoms with Crippen LogP contribution in [-0.4, -0.2) is 66.7 Å². The third kappa shape index (κ3) is 3.71. The summed E-state index contributed by atoms with van der Waals surface area (Å²) < 4.78 is 23.2. The molecule has 0 unspecified atom stereocenters. The van der Waals surface area contributed by atoms with E-state index in [1.165, 1.54) is 0 Å². The number of methoxy groups -OCH3 is 1. The summed E-state index contributed by atoms with van der Waals surface area (Å²) in [6.07, 6.45) is 3.20. The highest BCUT2D eigenvalue weighted by atomic mass is 16.6. The Kier molecular flexibility index (Phi) is 4.85. The van der Waals surface area contributed by atoms with Crippen LogP contribution in [0.5, 0.6) is 11.6 Å². The lowest BCUT2D eigenvalue weighted by Gasteiger charge is -2.19. The van der Waals surface area contributed by atoms with Gasteiger partial charge >= 0.3 is 0 Å². The minimum atomic E-state index is -0.147. The van der Waals surface area contributed by atoms with Crippen molar-refractivity contribution >= 4 is 5.95 Å². The maximum atomic E-state index is 6.04. The average Bonchev–Trinajstić information content (AvgIpc) is 3.00. The molecule has 0 amide bonds. The van der Waals surface area contributed by atoms with E-state index >= 15 is 0 Å². The average molecular weight is 358 g/mol. The van der Waals surface area contributed by atoms with Gasteiger partial charge in [-0.25, -0.2) is 4.98 Å². The molecular weight excluding hydrogens is 336 g/mol. The van der Waals surface area contributed by atoms with Gasteiger partial charge in [0, 0.05) is 31.0 Å². The van der Waals surface area contributed by atoms with Gasteiger partial charge in [-0.05, 0) is 19.1 Å². The van der Waals surface area contributed by atoms with Crippen LogP contribution in [-0.2, 0) is 9.47 Å². The second-order valence-electron chi connectivity index (χ2n) is 6.42. The van der Waals surface area contributed by atoms with Crippen LogP contribution in [0, 0.1) is 6.92 Å². The number of ether oxygens (including phenoxy) is 4. The predicted octanol–water partition coefficient (Wildman–Crippen LogP) is 1.24. The van der Waals surface area contributed by atoms with Crippen molar-refractivity contribution in [2.45, 2.75) is 25.2 Å². The van der Waals surface area contributed by atoms with Gasteiger partial charge in [0.05, 0.1) is 26.5 Å². The molecule has 26 heavy (non-hydrogen) atoms. The first-order valence-electron chi connectivity index (χ1n) is 8.66. The highest BCUT2D eigenvalue weighted by Crippen LogP contribution is 2.25. The molecule has 0 N–H and O–H groups in total. The topological polar surface area (TPSA) is 78.8 Å². The van der Waals surface area contributed by atoms with Crippen molar-refractivity contribution < 1.29 is 18.9 Å². The van der Waals surface area contributed by atoms with Crippen molar-refractivity contribution in [2.24, 2.45) is 0 Å². The van der Waals surface area contributed by atoms with Crippen LogP contribution in [0.4, 0.5) is 5.95 Å². The van der Waals surface area contributed by atoms with Crippen molar-refractivity contribution in [1.29, 1.82) is 0 Å². The molecule has 0 radical (unpaired) electrons. The molecule has 0 bridgehead atoms. The first-order chi connectivity index (χ1) is 12.7. The van der Waals surface area contributed by atoms with E-state index in [0.717, 1.165) is 11.4 Å². The van der Waals surface area contributed by atoms with Crippen molar-refractivity contribution in [3.8, 4) is 11.6 Å². The Morgan fingerprint density at radius 3 is 2.50 bits per heavy atom. The number of hydrogen-bond acceptors (Lipinski definition) is 8. The summed E-state index contributed by atoms with van der Waals surface area (Å²) in [6, 6.07) is 5.57. The SMILES string of the molecule is COc1ccnc(N2C[C@@H]3OCC(Oc4ccc(C)nc4)CO[C@H]3C2)n1. The fourth-order valence-corrected chi connectivity index (χ4v) is 3.12. The Morgan fingerprint density at radius 1 is 1.08 bits per heavy atom. The maximum absolute atomic E-state index is 6.04. The summed E-state index contributed by atoms with van der Waals surface area (Å²) in [5.74, 6) is 1.90. The van der Waals surface area contributed by atoms with E-state index in [4.69, 9.17) is 18.9 Å². The maximum Gasteiger partial charge on any atom is 0.228 e. The lowest BCUT2D eigenvalue weighted by Crippen LogP contribution is -2.30. The van der Waals surface area contributed by atoms with E-state index in [9.17, 15) is 0 Å². The minimum Gasteiger partial charge on any atom is -0.484 e. The summed E-state index contributed by atoms with van der Waals surface area (Å²) in [5, 5.41) is 0. The molecule has 2 saturated heterocycles. The number of rotatable bonds is 4. The van der Waals surface area contributed by atoms with Crippen molar-refractivity contribution in [1.82, 2.24) is 15.0 Å². The Morgan fingerprint density at radius 2 is 1.85 bits per heavy atom. The minimum absolute atomic E-state index is 0.0328. The van der Waals surface area contributed by atoms with Crippen LogP contribution in [0.1, 0.15) is 5.69 Å². The van der Waals surface area contributed by atoms with Gasteiger partial charge in [0.2, 0.25) is 11.8 Å². The Bertz CT molecular complexity index is 726. The number of pyridine rings is 1. The second-order valence-corrected chi connectivity index (χ2v) is 6.42. The largest absolute Gasteiger partial charge is 0.484 e. The van der Waals surface area contributed by atoms with Crippen LogP contribution in [0.2, 0.25) is 0 Å². The molecule has 2 aromatic heterocycles. The first kappa shape index (κ1) is 17.0. The van der Waals surface area contributed by atoms with E-state index in [2.05, 4.69) is 19.9 Å². The Labute approximate surface area is 152 Å². The molecule has 4 rings (SSSR count). The van der Waals surface area contributed by atoms with Gasteiger partial charge in [-0.3, -0.25) is 4.98 Å². The molecule has 0 aromatic carbocycles. The molecule has 0 aliphatic carbocycles. The molecule has 138 valence electrons. The van der Waals surface area contributed by atoms with Gasteiger partial charge in [0.25, 0.3) is 0 Å². The van der Waals surface area contributed by atoms with Gasteiger partial charge in [0.15, 0.2) is 0 Å². The van der Waals surface area contributed by atoms with Crippen molar-refractivity contribution in [3.63, 3.8) is 0 Å². The zero-order valence-electron chi connectivity index (χ0n) is 14.9. The highest BCUT2D eigenvalue weighted by molar-refractivity contribution is 5.35. The van der Waals surface area contributed by atoms with Gasteiger partial charge in [-0.2, -0.15) is 4.98 Å². The molecule has 0 saturated carbocycles. The van der Waals surface area contributed by atoms with Gasteiger partial charge in [-0.15, -0.1) is 0 Å². The normalized spacial score (nSPS) is 23.4. The van der Waals surface area contributed by atoms with Gasteiger partial charge in [-0.1, -0.05) is 0 Å². The number of hydrogen-bond donors (Lipinski definition) is 0. The van der Waals surface area contributed by atoms with E-state index in [1.807, 2.05) is 19.1 Å². The van der Waals surface area contributed by atoms with Crippen LogP contribution in [0.25, 0.3) is 0 Å². The molecule has 2 atom stereocenters. The standard InChI is InChI=1S/C18H22N4O4/c1-12-3-4-13(7-20-12)26-14-10-24-15-8-22(9-16(15)25-11-14)18-19-6-5-17(21-18)23-2/h3-7,14-16H,8-11H2,1-2H3/t15-,16-/m0/s1. The van der Waals surface area contributed by atoms with E-state index in [0.29, 0.717) is 38.1 Å². The molecule has 2 fully saturated rings. The highest BCUT2D eigenvalue weighted by Gasteiger charge is 2.39. The van der Waals surface area contributed by atoms with E-state index in [-0.39, 0.29) is 18.3 Å². The summed E-state index contributed by atoms with van der Waals surface area (Å²) in [4.78, 5) is 15.0. The van der Waals surface area contributed by atoms with Crippen LogP contribution >= 0.6 is 0 Å². The zero-order valence-corrected chi connectivity index (χ0v) is 14.9. The van der Waals surface area contributed by atoms with E-state index in [1.54, 1.807) is 25.6 Å². The van der Waals surface area contributed by atoms with Crippen LogP contribution in [0.15, 0.2) is 30.6 Å². The predicted molar refractivity (Wildman–Crippen MR) is 93.7 cm³/mol. The summed E-state index contributed by atoms with van der Waals surface area (Å²) in [7, 11) is 1.59. The number of aryl methyl sites for hydroxylation is 1. The number of anilines is 1. The molecule has 8 nitrogen and oxygen atoms in total. The first-order valence-corrected chi connectivity index (χ1v) is 8.66. The number of fused-ring (bicyclic) bond motifs is 1. The second kappa shape index (κ2) is 7.43. The van der Waals surface area contributed by atoms with E-state index < -0.39 is 0 Å². The Hall–Kier alpha value is -2.45. The summed E-state index contributed by atoms with van der Waals surface area (Å²) in [6.45, 7) is 4.25. The molecule has 8 heteroatoms. The Balaban J connectivity index is 1.36. The monoisotopic (exact) mass is 358 g/mol. The lowest BCUT2D eigenvalue weighted by molar-refractivity contribution is -0.00461. The van der Waals surface area contributed by atoms with Crippen molar-refractivity contribution in [3.05, 3.63) is 36.3 Å². The summed E-state index contributed by atoms with van der Waals surface area (Å²) in [5.41, 5.74) is 0.958. The molecule has 4 heterocycles. The smallest absolute Gasteiger partial charge is 0.228 e. The third-order valence-corrected chi connectivity index (χ3v) is 4.50. The molecule has 2 aromatic rings. The summed E-state index contributed by atoms with van der Waals surface area (Å²) >= 11 is 0. The fourth-order valence-electron chi connectivity index (χ4n) is 3.12. The number of aromatic nitrogens is 3. The molecule has 2 aliphatic rings. The molecular formula is C18H22N4O4. The quantitative estimate of drug-likeness (QED) is 0.808. The van der Waals surface area contributed by atoms with Crippen molar-refractivity contribution in [2.75, 3.05) is 38.3 Å². The lowest BCUT2D eigenvalue weighted by atomic mass is 10.3. The fraction of sp³-hybridized carbons (Fsp3) is 0.500. The zero-order chi connectivity index (χ0) is 17.9. The van der Waals surface area contributed by atoms with Gasteiger partial charge < -0.3 is 23.8 Å². The molecule has 0 spiro atoms. The van der Waals surface area contributed by atoms with Gasteiger partial charge in [0.1, 0.15) is 24.1 Å². The van der Waals surface area contributed by atoms with Crippen LogP contribution in [0.3, 0.4) is 0 Å².